The number of sulfonamides is 1. The van der Waals surface area contributed by atoms with Gasteiger partial charge in [-0.1, -0.05) is 30.9 Å². The Labute approximate surface area is 189 Å². The Morgan fingerprint density at radius 3 is 2.47 bits per heavy atom. The summed E-state index contributed by atoms with van der Waals surface area (Å²) in [4.78, 5) is 0.0943. The summed E-state index contributed by atoms with van der Waals surface area (Å²) >= 11 is 0. The predicted octanol–water partition coefficient (Wildman–Crippen LogP) is 3.35. The van der Waals surface area contributed by atoms with E-state index in [-0.39, 0.29) is 17.3 Å². The fraction of sp³-hybridized carbons (Fsp3) is 0.250. The molecule has 0 fully saturated rings. The normalized spacial score (nSPS) is 13.1. The third-order valence-electron chi connectivity index (χ3n) is 4.42. The van der Waals surface area contributed by atoms with E-state index in [4.69, 9.17) is 4.74 Å². The van der Waals surface area contributed by atoms with Gasteiger partial charge < -0.3 is 20.3 Å². The Balaban J connectivity index is 1.74. The van der Waals surface area contributed by atoms with Crippen molar-refractivity contribution in [2.45, 2.75) is 19.4 Å². The second-order valence-corrected chi connectivity index (χ2v) is 8.70. The fourth-order valence-electron chi connectivity index (χ4n) is 2.71. The highest BCUT2D eigenvalue weighted by molar-refractivity contribution is 7.96. The number of allylic oxidation sites excluding steroid dienone is 4. The number of aliphatic hydroxyl groups is 1. The van der Waals surface area contributed by atoms with Crippen molar-refractivity contribution in [2.24, 2.45) is 0 Å². The molecular weight excluding hydrogens is 428 g/mol. The number of hydrogen-bond acceptors (Lipinski definition) is 6. The zero-order valence-electron chi connectivity index (χ0n) is 18.1. The number of hydrogen-bond donors (Lipinski definition) is 4. The maximum Gasteiger partial charge on any atom is 0.261 e. The average molecular weight is 459 g/mol. The number of benzene rings is 2. The number of anilines is 1. The van der Waals surface area contributed by atoms with Crippen molar-refractivity contribution in [3.63, 3.8) is 0 Å². The maximum atomic E-state index is 12.4. The molecule has 0 amide bonds. The molecule has 8 heteroatoms. The van der Waals surface area contributed by atoms with Crippen LogP contribution < -0.4 is 14.8 Å². The van der Waals surface area contributed by atoms with Crippen molar-refractivity contribution in [3.8, 4) is 11.5 Å². The number of nitrogens with one attached hydrogen (secondary N) is 2. The molecule has 0 heterocycles. The SMILES string of the molecule is C=C/C(=C\C=C/C)S(=O)(=O)Nc1ccc(CCNC[C@H](O)COc2ccc(O)cc2)cc1. The van der Waals surface area contributed by atoms with Gasteiger partial charge in [0.15, 0.2) is 0 Å². The largest absolute Gasteiger partial charge is 0.508 e. The van der Waals surface area contributed by atoms with Crippen molar-refractivity contribution < 1.29 is 23.4 Å². The van der Waals surface area contributed by atoms with E-state index in [1.165, 1.54) is 24.3 Å². The van der Waals surface area contributed by atoms with E-state index in [1.54, 1.807) is 43.3 Å². The number of aliphatic hydroxyl groups excluding tert-OH is 1. The van der Waals surface area contributed by atoms with Gasteiger partial charge in [0.1, 0.15) is 24.2 Å². The number of rotatable bonds is 13. The highest BCUT2D eigenvalue weighted by Gasteiger charge is 2.14. The van der Waals surface area contributed by atoms with E-state index in [2.05, 4.69) is 16.6 Å². The van der Waals surface area contributed by atoms with Crippen LogP contribution in [0, 0.1) is 0 Å². The lowest BCUT2D eigenvalue weighted by atomic mass is 10.1. The van der Waals surface area contributed by atoms with E-state index >= 15 is 0 Å². The van der Waals surface area contributed by atoms with Gasteiger partial charge in [0.05, 0.1) is 4.91 Å². The molecule has 2 aromatic rings. The molecular formula is C24H30N2O5S. The number of ether oxygens (including phenoxy) is 1. The Kier molecular flexibility index (Phi) is 10.0. The van der Waals surface area contributed by atoms with Gasteiger partial charge in [-0.3, -0.25) is 4.72 Å². The third-order valence-corrected chi connectivity index (χ3v) is 5.85. The molecule has 4 N–H and O–H groups in total. The van der Waals surface area contributed by atoms with Crippen molar-refractivity contribution >= 4 is 15.7 Å². The zero-order chi connectivity index (χ0) is 23.4. The van der Waals surface area contributed by atoms with E-state index in [0.717, 1.165) is 12.0 Å². The first-order valence-corrected chi connectivity index (χ1v) is 11.7. The fourth-order valence-corrected chi connectivity index (χ4v) is 3.75. The molecule has 172 valence electrons. The molecule has 1 atom stereocenters. The molecule has 0 radical (unpaired) electrons. The van der Waals surface area contributed by atoms with Crippen LogP contribution in [0.25, 0.3) is 0 Å². The van der Waals surface area contributed by atoms with Crippen molar-refractivity contribution in [1.82, 2.24) is 5.32 Å². The quantitative estimate of drug-likeness (QED) is 0.271. The third kappa shape index (κ3) is 8.58. The number of phenols is 1. The molecule has 0 aliphatic carbocycles. The first kappa shape index (κ1) is 25.2. The van der Waals surface area contributed by atoms with E-state index in [9.17, 15) is 18.6 Å². The van der Waals surface area contributed by atoms with Gasteiger partial charge in [0.25, 0.3) is 10.0 Å². The lowest BCUT2D eigenvalue weighted by Crippen LogP contribution is -2.32. The summed E-state index contributed by atoms with van der Waals surface area (Å²) in [5.41, 5.74) is 1.50. The van der Waals surface area contributed by atoms with Crippen LogP contribution in [-0.2, 0) is 16.4 Å². The zero-order valence-corrected chi connectivity index (χ0v) is 18.9. The molecule has 2 rings (SSSR count). The molecule has 0 spiro atoms. The Hall–Kier alpha value is -3.07. The predicted molar refractivity (Wildman–Crippen MR) is 128 cm³/mol. The van der Waals surface area contributed by atoms with Crippen LogP contribution in [0.2, 0.25) is 0 Å². The molecule has 0 saturated heterocycles. The van der Waals surface area contributed by atoms with Crippen molar-refractivity contribution in [1.29, 1.82) is 0 Å². The summed E-state index contributed by atoms with van der Waals surface area (Å²) in [5.74, 6) is 0.739. The molecule has 7 nitrogen and oxygen atoms in total. The molecule has 0 unspecified atom stereocenters. The van der Waals surface area contributed by atoms with Crippen LogP contribution in [-0.4, -0.2) is 44.4 Å². The molecule has 0 saturated carbocycles. The highest BCUT2D eigenvalue weighted by Crippen LogP contribution is 2.17. The smallest absolute Gasteiger partial charge is 0.261 e. The molecule has 0 bridgehead atoms. The van der Waals surface area contributed by atoms with E-state index in [0.29, 0.717) is 24.5 Å². The average Bonchev–Trinajstić information content (AvgIpc) is 2.77. The van der Waals surface area contributed by atoms with Gasteiger partial charge in [-0.15, -0.1) is 0 Å². The second kappa shape index (κ2) is 12.7. The molecule has 0 aliphatic heterocycles. The topological polar surface area (TPSA) is 108 Å². The minimum Gasteiger partial charge on any atom is -0.508 e. The number of aromatic hydroxyl groups is 1. The lowest BCUT2D eigenvalue weighted by molar-refractivity contribution is 0.106. The number of phenolic OH excluding ortho intramolecular Hbond substituents is 1. The van der Waals surface area contributed by atoms with Crippen molar-refractivity contribution in [3.05, 3.63) is 89.9 Å². The van der Waals surface area contributed by atoms with Gasteiger partial charge in [-0.25, -0.2) is 8.42 Å². The van der Waals surface area contributed by atoms with Crippen LogP contribution in [0.3, 0.4) is 0 Å². The monoisotopic (exact) mass is 458 g/mol. The highest BCUT2D eigenvalue weighted by atomic mass is 32.2. The van der Waals surface area contributed by atoms with Crippen LogP contribution in [0.5, 0.6) is 11.5 Å². The van der Waals surface area contributed by atoms with Crippen molar-refractivity contribution in [2.75, 3.05) is 24.4 Å². The minimum atomic E-state index is -3.69. The molecule has 0 aromatic heterocycles. The first-order chi connectivity index (χ1) is 15.3. The summed E-state index contributed by atoms with van der Waals surface area (Å²) in [6.45, 7) is 6.52. The Bertz CT molecular complexity index is 1010. The van der Waals surface area contributed by atoms with E-state index < -0.39 is 16.1 Å². The van der Waals surface area contributed by atoms with Gasteiger partial charge in [0.2, 0.25) is 0 Å². The van der Waals surface area contributed by atoms with Crippen LogP contribution in [0.1, 0.15) is 12.5 Å². The van der Waals surface area contributed by atoms with Gasteiger partial charge in [0, 0.05) is 12.2 Å². The minimum absolute atomic E-state index is 0.0943. The molecule has 0 aliphatic rings. The van der Waals surface area contributed by atoms with Crippen LogP contribution >= 0.6 is 0 Å². The molecule has 32 heavy (non-hydrogen) atoms. The van der Waals surface area contributed by atoms with Crippen LogP contribution in [0.4, 0.5) is 5.69 Å². The second-order valence-electron chi connectivity index (χ2n) is 7.01. The Morgan fingerprint density at radius 1 is 1.16 bits per heavy atom. The lowest BCUT2D eigenvalue weighted by Gasteiger charge is -2.13. The standard InChI is InChI=1S/C24H30N2O5S/c1-3-5-6-24(4-2)32(29,30)26-20-9-7-19(8-10-20)15-16-25-17-22(28)18-31-23-13-11-21(27)12-14-23/h3-14,22,25-28H,2,15-18H2,1H3/b5-3-,24-6+/t22-/m0/s1. The van der Waals surface area contributed by atoms with Crippen LogP contribution in [0.15, 0.2) is 84.3 Å². The van der Waals surface area contributed by atoms with E-state index in [1.807, 2.05) is 12.1 Å². The summed E-state index contributed by atoms with van der Waals surface area (Å²) in [6, 6.07) is 13.4. The summed E-state index contributed by atoms with van der Waals surface area (Å²) in [6.07, 6.45) is 6.21. The summed E-state index contributed by atoms with van der Waals surface area (Å²) in [5, 5.41) is 22.4. The maximum absolute atomic E-state index is 12.4. The van der Waals surface area contributed by atoms with Gasteiger partial charge in [-0.2, -0.15) is 0 Å². The summed E-state index contributed by atoms with van der Waals surface area (Å²) < 4.78 is 32.8. The van der Waals surface area contributed by atoms with Gasteiger partial charge >= 0.3 is 0 Å². The Morgan fingerprint density at radius 2 is 1.84 bits per heavy atom. The molecule has 2 aromatic carbocycles. The van der Waals surface area contributed by atoms with Gasteiger partial charge in [-0.05, 0) is 74.0 Å². The summed E-state index contributed by atoms with van der Waals surface area (Å²) in [7, 11) is -3.69. The first-order valence-electron chi connectivity index (χ1n) is 10.2.